The third kappa shape index (κ3) is 5.16. The van der Waals surface area contributed by atoms with E-state index in [9.17, 15) is 14.0 Å². The van der Waals surface area contributed by atoms with E-state index in [1.54, 1.807) is 66.7 Å². The number of nitrogens with zero attached hydrogens (tertiary/aromatic N) is 2. The molecule has 34 heavy (non-hydrogen) atoms. The van der Waals surface area contributed by atoms with Gasteiger partial charge in [0, 0.05) is 7.05 Å². The van der Waals surface area contributed by atoms with Crippen LogP contribution in [0.2, 0.25) is 0 Å². The van der Waals surface area contributed by atoms with Crippen LogP contribution in [0.4, 0.5) is 9.18 Å². The fraction of sp³-hybridized carbons (Fsp3) is 0.120. The van der Waals surface area contributed by atoms with E-state index in [4.69, 9.17) is 14.8 Å². The van der Waals surface area contributed by atoms with E-state index in [1.807, 2.05) is 0 Å². The lowest BCUT2D eigenvalue weighted by Crippen LogP contribution is -2.30. The van der Waals surface area contributed by atoms with Gasteiger partial charge in [0.1, 0.15) is 23.9 Å². The maximum Gasteiger partial charge on any atom is 0.488 e. The average Bonchev–Trinajstić information content (AvgIpc) is 3.03. The molecule has 1 aliphatic rings. The van der Waals surface area contributed by atoms with Crippen LogP contribution < -0.4 is 10.2 Å². The second-order valence-corrected chi connectivity index (χ2v) is 7.86. The van der Waals surface area contributed by atoms with Crippen LogP contribution in [0.3, 0.4) is 0 Å². The smallest absolute Gasteiger partial charge is 0.488 e. The number of amides is 3. The summed E-state index contributed by atoms with van der Waals surface area (Å²) in [5.74, 6) is -0.186. The summed E-state index contributed by atoms with van der Waals surface area (Å²) in [5, 5.41) is 18.3. The highest BCUT2D eigenvalue weighted by atomic mass is 19.1. The maximum atomic E-state index is 13.1. The van der Waals surface area contributed by atoms with E-state index in [2.05, 4.69) is 0 Å². The number of imide groups is 1. The lowest BCUT2D eigenvalue weighted by atomic mass is 9.80. The number of carbonyl (C=O) groups excluding carboxylic acids is 2. The number of carbonyl (C=O) groups is 2. The molecule has 4 rings (SSSR count). The SMILES string of the molecule is CN1C(=O)N(Cc2ccc(F)cc2)C(=O)/C1=C/c1ccc(OCc2ccc(B(O)O)cc2)cc1. The Hall–Kier alpha value is -3.95. The summed E-state index contributed by atoms with van der Waals surface area (Å²) in [7, 11) is 0.0302. The highest BCUT2D eigenvalue weighted by Gasteiger charge is 2.38. The molecule has 7 nitrogen and oxygen atoms in total. The third-order valence-corrected chi connectivity index (χ3v) is 5.46. The number of benzene rings is 3. The first-order valence-corrected chi connectivity index (χ1v) is 10.6. The molecule has 1 heterocycles. The summed E-state index contributed by atoms with van der Waals surface area (Å²) >= 11 is 0. The van der Waals surface area contributed by atoms with Gasteiger partial charge in [0.05, 0.1) is 6.54 Å². The number of urea groups is 1. The largest absolute Gasteiger partial charge is 0.489 e. The molecule has 1 aliphatic heterocycles. The van der Waals surface area contributed by atoms with Crippen molar-refractivity contribution >= 4 is 30.6 Å². The molecule has 3 amide bonds. The lowest BCUT2D eigenvalue weighted by Gasteiger charge is -2.13. The first-order chi connectivity index (χ1) is 16.3. The zero-order chi connectivity index (χ0) is 24.2. The molecule has 0 unspecified atom stereocenters. The van der Waals surface area contributed by atoms with Crippen LogP contribution >= 0.6 is 0 Å². The van der Waals surface area contributed by atoms with E-state index >= 15 is 0 Å². The van der Waals surface area contributed by atoms with Crippen LogP contribution in [0, 0.1) is 5.82 Å². The van der Waals surface area contributed by atoms with Crippen molar-refractivity contribution in [3.05, 3.63) is 101 Å². The Morgan fingerprint density at radius 1 is 0.912 bits per heavy atom. The molecule has 2 N–H and O–H groups in total. The van der Waals surface area contributed by atoms with Gasteiger partial charge in [-0.05, 0) is 52.5 Å². The normalized spacial score (nSPS) is 14.8. The average molecular weight is 460 g/mol. The summed E-state index contributed by atoms with van der Waals surface area (Å²) in [6, 6.07) is 19.0. The van der Waals surface area contributed by atoms with Crippen molar-refractivity contribution in [3.8, 4) is 5.75 Å². The van der Waals surface area contributed by atoms with Crippen molar-refractivity contribution in [2.45, 2.75) is 13.2 Å². The van der Waals surface area contributed by atoms with Crippen LogP contribution in [0.15, 0.2) is 78.5 Å². The molecule has 1 saturated heterocycles. The fourth-order valence-electron chi connectivity index (χ4n) is 3.49. The van der Waals surface area contributed by atoms with Gasteiger partial charge in [-0.3, -0.25) is 14.6 Å². The number of ether oxygens (including phenoxy) is 1. The van der Waals surface area contributed by atoms with Gasteiger partial charge in [-0.1, -0.05) is 48.5 Å². The summed E-state index contributed by atoms with van der Waals surface area (Å²) in [5.41, 5.74) is 2.89. The minimum Gasteiger partial charge on any atom is -0.489 e. The molecule has 0 spiro atoms. The van der Waals surface area contributed by atoms with Crippen molar-refractivity contribution in [2.75, 3.05) is 7.05 Å². The van der Waals surface area contributed by atoms with Gasteiger partial charge in [0.25, 0.3) is 5.91 Å². The predicted molar refractivity (Wildman–Crippen MR) is 125 cm³/mol. The predicted octanol–water partition coefficient (Wildman–Crippen LogP) is 2.52. The second-order valence-electron chi connectivity index (χ2n) is 7.86. The summed E-state index contributed by atoms with van der Waals surface area (Å²) in [6.45, 7) is 0.362. The first-order valence-electron chi connectivity index (χ1n) is 10.6. The number of hydrogen-bond acceptors (Lipinski definition) is 5. The molecule has 3 aromatic carbocycles. The molecule has 0 radical (unpaired) electrons. The molecule has 9 heteroatoms. The molecule has 1 fully saturated rings. The highest BCUT2D eigenvalue weighted by molar-refractivity contribution is 6.58. The van der Waals surface area contributed by atoms with Crippen LogP contribution in [0.1, 0.15) is 16.7 Å². The van der Waals surface area contributed by atoms with Crippen molar-refractivity contribution in [3.63, 3.8) is 0 Å². The minimum absolute atomic E-state index is 0.0602. The van der Waals surface area contributed by atoms with Crippen molar-refractivity contribution in [1.82, 2.24) is 9.80 Å². The van der Waals surface area contributed by atoms with Gasteiger partial charge in [0.15, 0.2) is 0 Å². The zero-order valence-corrected chi connectivity index (χ0v) is 18.4. The Labute approximate surface area is 196 Å². The number of hydrogen-bond donors (Lipinski definition) is 2. The number of rotatable bonds is 7. The van der Waals surface area contributed by atoms with Crippen molar-refractivity contribution < 1.29 is 28.8 Å². The third-order valence-electron chi connectivity index (χ3n) is 5.46. The Kier molecular flexibility index (Phi) is 6.76. The Balaban J connectivity index is 1.41. The standard InChI is InChI=1S/C25H22BFN2O5/c1-28-23(24(30)29(25(28)31)15-18-4-10-21(27)11-5-18)14-17-6-12-22(13-7-17)34-16-19-2-8-20(9-3-19)26(32)33/h2-14,32-33H,15-16H2,1H3/b23-14-. The van der Waals surface area contributed by atoms with Gasteiger partial charge >= 0.3 is 13.1 Å². The van der Waals surface area contributed by atoms with Crippen LogP contribution in [-0.2, 0) is 17.9 Å². The van der Waals surface area contributed by atoms with Gasteiger partial charge in [-0.2, -0.15) is 0 Å². The Bertz CT molecular complexity index is 1210. The first kappa shape index (κ1) is 23.2. The van der Waals surface area contributed by atoms with Gasteiger partial charge < -0.3 is 14.8 Å². The monoisotopic (exact) mass is 460 g/mol. The molecular formula is C25H22BFN2O5. The topological polar surface area (TPSA) is 90.3 Å². The second kappa shape index (κ2) is 9.90. The fourth-order valence-corrected chi connectivity index (χ4v) is 3.49. The minimum atomic E-state index is -1.51. The van der Waals surface area contributed by atoms with Gasteiger partial charge in [-0.25, -0.2) is 9.18 Å². The van der Waals surface area contributed by atoms with Crippen LogP contribution in [0.25, 0.3) is 6.08 Å². The summed E-state index contributed by atoms with van der Waals surface area (Å²) < 4.78 is 18.9. The maximum absolute atomic E-state index is 13.1. The lowest BCUT2D eigenvalue weighted by molar-refractivity contribution is -0.123. The summed E-state index contributed by atoms with van der Waals surface area (Å²) in [4.78, 5) is 27.9. The Morgan fingerprint density at radius 3 is 2.15 bits per heavy atom. The summed E-state index contributed by atoms with van der Waals surface area (Å²) in [6.07, 6.45) is 1.63. The highest BCUT2D eigenvalue weighted by Crippen LogP contribution is 2.25. The van der Waals surface area contributed by atoms with E-state index in [0.717, 1.165) is 16.0 Å². The van der Waals surface area contributed by atoms with Crippen LogP contribution in [-0.4, -0.2) is 46.0 Å². The molecular weight excluding hydrogens is 438 g/mol. The van der Waals surface area contributed by atoms with E-state index < -0.39 is 19.1 Å². The Morgan fingerprint density at radius 2 is 1.53 bits per heavy atom. The van der Waals surface area contributed by atoms with E-state index in [0.29, 0.717) is 23.4 Å². The number of halogens is 1. The number of likely N-dealkylation sites (N-methyl/N-ethyl adjacent to an activating group) is 1. The van der Waals surface area contributed by atoms with Crippen molar-refractivity contribution in [2.24, 2.45) is 0 Å². The molecule has 3 aromatic rings. The molecule has 172 valence electrons. The van der Waals surface area contributed by atoms with E-state index in [1.165, 1.54) is 24.1 Å². The zero-order valence-electron chi connectivity index (χ0n) is 18.4. The molecule has 0 saturated carbocycles. The van der Waals surface area contributed by atoms with E-state index in [-0.39, 0.29) is 18.1 Å². The molecule has 0 atom stereocenters. The van der Waals surface area contributed by atoms with Gasteiger partial charge in [0.2, 0.25) is 0 Å². The van der Waals surface area contributed by atoms with Crippen LogP contribution in [0.5, 0.6) is 5.75 Å². The van der Waals surface area contributed by atoms with Crippen molar-refractivity contribution in [1.29, 1.82) is 0 Å². The quantitative estimate of drug-likeness (QED) is 0.321. The van der Waals surface area contributed by atoms with Gasteiger partial charge in [-0.15, -0.1) is 0 Å². The molecule has 0 aliphatic carbocycles. The molecule has 0 aromatic heterocycles. The molecule has 0 bridgehead atoms.